The van der Waals surface area contributed by atoms with Gasteiger partial charge in [0.2, 0.25) is 5.90 Å². The second-order valence-electron chi connectivity index (χ2n) is 2.18. The fraction of sp³-hybridized carbons (Fsp3) is 0.333. The summed E-state index contributed by atoms with van der Waals surface area (Å²) in [6.45, 7) is 8.60. The third-order valence-electron chi connectivity index (χ3n) is 1.41. The van der Waals surface area contributed by atoms with Crippen molar-refractivity contribution in [1.82, 2.24) is 0 Å². The van der Waals surface area contributed by atoms with Crippen LogP contribution in [0.15, 0.2) is 35.5 Å². The summed E-state index contributed by atoms with van der Waals surface area (Å²) in [4.78, 5) is 4.13. The molecule has 0 atom stereocenters. The molecule has 1 heterocycles. The van der Waals surface area contributed by atoms with Crippen LogP contribution in [0, 0.1) is 0 Å². The standard InChI is InChI=1S/C9H11NO/c1-3-5-8(4-2)9-10-6-7-11-9/h3H,1-2,5-7H2. The predicted octanol–water partition coefficient (Wildman–Crippen LogP) is 1.70. The third-order valence-corrected chi connectivity index (χ3v) is 1.41. The molecule has 0 aliphatic carbocycles. The molecule has 0 spiro atoms. The number of allylic oxidation sites excluding steroid dienone is 1. The summed E-state index contributed by atoms with van der Waals surface area (Å²) in [5.41, 5.74) is 3.68. The molecular weight excluding hydrogens is 138 g/mol. The van der Waals surface area contributed by atoms with E-state index in [2.05, 4.69) is 23.9 Å². The Kier molecular flexibility index (Phi) is 2.70. The minimum absolute atomic E-state index is 0.678. The number of ether oxygens (including phenoxy) is 1. The van der Waals surface area contributed by atoms with Gasteiger partial charge in [-0.15, -0.1) is 12.3 Å². The van der Waals surface area contributed by atoms with Gasteiger partial charge < -0.3 is 4.74 Å². The summed E-state index contributed by atoms with van der Waals surface area (Å²) in [5, 5.41) is 0. The van der Waals surface area contributed by atoms with Crippen molar-refractivity contribution in [2.45, 2.75) is 6.42 Å². The maximum Gasteiger partial charge on any atom is 0.220 e. The molecule has 0 aromatic carbocycles. The van der Waals surface area contributed by atoms with E-state index in [1.165, 1.54) is 0 Å². The van der Waals surface area contributed by atoms with Gasteiger partial charge in [-0.25, -0.2) is 4.99 Å². The molecule has 2 heteroatoms. The minimum atomic E-state index is 0.678. The molecule has 0 aromatic heterocycles. The highest BCUT2D eigenvalue weighted by atomic mass is 16.5. The van der Waals surface area contributed by atoms with E-state index >= 15 is 0 Å². The van der Waals surface area contributed by atoms with Gasteiger partial charge in [-0.2, -0.15) is 0 Å². The molecule has 0 saturated carbocycles. The zero-order valence-electron chi connectivity index (χ0n) is 6.47. The molecule has 1 aliphatic rings. The molecule has 0 radical (unpaired) electrons. The van der Waals surface area contributed by atoms with E-state index in [0.717, 1.165) is 18.5 Å². The molecule has 0 fully saturated rings. The highest BCUT2D eigenvalue weighted by Gasteiger charge is 2.10. The zero-order chi connectivity index (χ0) is 8.10. The molecule has 1 rings (SSSR count). The van der Waals surface area contributed by atoms with Gasteiger partial charge in [-0.3, -0.25) is 0 Å². The Morgan fingerprint density at radius 2 is 2.64 bits per heavy atom. The van der Waals surface area contributed by atoms with Crippen LogP contribution in [0.4, 0.5) is 0 Å². The Morgan fingerprint density at radius 3 is 3.09 bits per heavy atom. The molecule has 11 heavy (non-hydrogen) atoms. The maximum absolute atomic E-state index is 5.22. The Bertz CT molecular complexity index is 234. The van der Waals surface area contributed by atoms with Gasteiger partial charge in [-0.1, -0.05) is 12.7 Å². The quantitative estimate of drug-likeness (QED) is 0.442. The van der Waals surface area contributed by atoms with Crippen LogP contribution in [0.3, 0.4) is 0 Å². The average Bonchev–Trinajstić information content (AvgIpc) is 2.52. The van der Waals surface area contributed by atoms with Gasteiger partial charge in [0.25, 0.3) is 0 Å². The number of hydrogen-bond acceptors (Lipinski definition) is 2. The topological polar surface area (TPSA) is 21.6 Å². The van der Waals surface area contributed by atoms with Crippen molar-refractivity contribution in [2.24, 2.45) is 4.99 Å². The first kappa shape index (κ1) is 7.83. The average molecular weight is 149 g/mol. The van der Waals surface area contributed by atoms with E-state index in [0.29, 0.717) is 12.5 Å². The van der Waals surface area contributed by atoms with Gasteiger partial charge >= 0.3 is 0 Å². The molecule has 0 unspecified atom stereocenters. The van der Waals surface area contributed by atoms with Crippen LogP contribution in [-0.4, -0.2) is 19.0 Å². The first-order valence-electron chi connectivity index (χ1n) is 3.56. The lowest BCUT2D eigenvalue weighted by Gasteiger charge is -2.00. The number of rotatable bonds is 3. The van der Waals surface area contributed by atoms with E-state index in [9.17, 15) is 0 Å². The fourth-order valence-corrected chi connectivity index (χ4v) is 0.897. The monoisotopic (exact) mass is 149 g/mol. The van der Waals surface area contributed by atoms with Crippen molar-refractivity contribution in [3.63, 3.8) is 0 Å². The number of nitrogens with zero attached hydrogens (tertiary/aromatic N) is 1. The smallest absolute Gasteiger partial charge is 0.220 e. The van der Waals surface area contributed by atoms with Crippen LogP contribution in [0.2, 0.25) is 0 Å². The van der Waals surface area contributed by atoms with E-state index in [1.807, 2.05) is 0 Å². The first-order chi connectivity index (χ1) is 5.38. The predicted molar refractivity (Wildman–Crippen MR) is 45.7 cm³/mol. The van der Waals surface area contributed by atoms with E-state index in [-0.39, 0.29) is 0 Å². The van der Waals surface area contributed by atoms with E-state index < -0.39 is 0 Å². The summed E-state index contributed by atoms with van der Waals surface area (Å²) >= 11 is 0. The van der Waals surface area contributed by atoms with Crippen LogP contribution in [0.1, 0.15) is 6.42 Å². The lowest BCUT2D eigenvalue weighted by atomic mass is 10.2. The van der Waals surface area contributed by atoms with E-state index in [1.54, 1.807) is 6.08 Å². The lowest BCUT2D eigenvalue weighted by molar-refractivity contribution is 0.347. The van der Waals surface area contributed by atoms with Crippen molar-refractivity contribution in [3.8, 4) is 0 Å². The molecule has 0 N–H and O–H groups in total. The summed E-state index contributed by atoms with van der Waals surface area (Å²) < 4.78 is 5.22. The molecule has 0 saturated heterocycles. The third kappa shape index (κ3) is 1.82. The molecule has 58 valence electrons. The maximum atomic E-state index is 5.22. The molecule has 0 aromatic rings. The number of aliphatic imine (C=N–C) groups is 1. The Morgan fingerprint density at radius 1 is 1.82 bits per heavy atom. The number of hydrogen-bond donors (Lipinski definition) is 0. The Labute approximate surface area is 66.6 Å². The van der Waals surface area contributed by atoms with Crippen molar-refractivity contribution < 1.29 is 4.74 Å². The highest BCUT2D eigenvalue weighted by molar-refractivity contribution is 5.94. The summed E-state index contributed by atoms with van der Waals surface area (Å²) in [5.74, 6) is 0.680. The first-order valence-corrected chi connectivity index (χ1v) is 3.56. The van der Waals surface area contributed by atoms with Crippen LogP contribution in [0.25, 0.3) is 0 Å². The second kappa shape index (κ2) is 3.79. The normalized spacial score (nSPS) is 14.7. The molecular formula is C9H11NO. The van der Waals surface area contributed by atoms with Crippen LogP contribution in [-0.2, 0) is 4.74 Å². The van der Waals surface area contributed by atoms with Crippen molar-refractivity contribution in [1.29, 1.82) is 0 Å². The van der Waals surface area contributed by atoms with Gasteiger partial charge in [0.15, 0.2) is 0 Å². The molecule has 2 nitrogen and oxygen atoms in total. The zero-order valence-corrected chi connectivity index (χ0v) is 6.47. The fourth-order valence-electron chi connectivity index (χ4n) is 0.897. The molecule has 0 amide bonds. The summed E-state index contributed by atoms with van der Waals surface area (Å²) in [6, 6.07) is 0. The van der Waals surface area contributed by atoms with Crippen LogP contribution < -0.4 is 0 Å². The summed E-state index contributed by atoms with van der Waals surface area (Å²) in [7, 11) is 0. The van der Waals surface area contributed by atoms with Crippen molar-refractivity contribution >= 4 is 5.90 Å². The van der Waals surface area contributed by atoms with Gasteiger partial charge in [0.1, 0.15) is 6.61 Å². The summed E-state index contributed by atoms with van der Waals surface area (Å²) in [6.07, 6.45) is 2.51. The van der Waals surface area contributed by atoms with E-state index in [4.69, 9.17) is 4.74 Å². The molecule has 0 bridgehead atoms. The van der Waals surface area contributed by atoms with Crippen molar-refractivity contribution in [3.05, 3.63) is 30.5 Å². The second-order valence-corrected chi connectivity index (χ2v) is 2.18. The molecule has 1 aliphatic heterocycles. The van der Waals surface area contributed by atoms with Crippen molar-refractivity contribution in [2.75, 3.05) is 13.2 Å². The SMILES string of the molecule is C=C=C(CC=C)C1=NCCO1. The van der Waals surface area contributed by atoms with Crippen LogP contribution in [0.5, 0.6) is 0 Å². The lowest BCUT2D eigenvalue weighted by Crippen LogP contribution is -2.01. The Balaban J connectivity index is 2.69. The van der Waals surface area contributed by atoms with Gasteiger partial charge in [0, 0.05) is 6.42 Å². The van der Waals surface area contributed by atoms with Gasteiger partial charge in [0.05, 0.1) is 12.1 Å². The van der Waals surface area contributed by atoms with Gasteiger partial charge in [-0.05, 0) is 0 Å². The minimum Gasteiger partial charge on any atom is -0.475 e. The highest BCUT2D eigenvalue weighted by Crippen LogP contribution is 2.08. The van der Waals surface area contributed by atoms with Crippen LogP contribution >= 0.6 is 0 Å². The largest absolute Gasteiger partial charge is 0.475 e. The Hall–Kier alpha value is -1.27.